The van der Waals surface area contributed by atoms with Crippen LogP contribution in [0.25, 0.3) is 11.3 Å². The molecule has 0 aliphatic heterocycles. The van der Waals surface area contributed by atoms with Crippen molar-refractivity contribution in [1.29, 1.82) is 0 Å². The standard InChI is InChI=1S/C28H34ClN3O4/c1-5-13-32-17-25(31-27(32)19(4)34)21-8-6-20(7-9-21)15-23(12-14-33)30-28(35)22-10-11-26(24(29)16-22)36-18(2)3/h6-11,16-18,23,33H,5,12-15H2,1-4H3,(H,30,35). The quantitative estimate of drug-likeness (QED) is 0.321. The van der Waals surface area contributed by atoms with Gasteiger partial charge in [0, 0.05) is 43.4 Å². The molecule has 0 spiro atoms. The first-order valence-electron chi connectivity index (χ1n) is 12.3. The van der Waals surface area contributed by atoms with Gasteiger partial charge in [0.15, 0.2) is 11.6 Å². The lowest BCUT2D eigenvalue weighted by Gasteiger charge is -2.19. The average Bonchev–Trinajstić information content (AvgIpc) is 3.25. The molecule has 1 aromatic heterocycles. The molecule has 0 aliphatic carbocycles. The number of ether oxygens (including phenoxy) is 1. The number of benzene rings is 2. The van der Waals surface area contributed by atoms with Crippen LogP contribution in [0.15, 0.2) is 48.7 Å². The molecule has 1 atom stereocenters. The van der Waals surface area contributed by atoms with E-state index in [4.69, 9.17) is 16.3 Å². The van der Waals surface area contributed by atoms with Crippen molar-refractivity contribution >= 4 is 23.3 Å². The maximum Gasteiger partial charge on any atom is 0.251 e. The number of carbonyl (C=O) groups is 2. The van der Waals surface area contributed by atoms with Crippen LogP contribution in [-0.2, 0) is 13.0 Å². The van der Waals surface area contributed by atoms with Crippen molar-refractivity contribution < 1.29 is 19.4 Å². The zero-order valence-corrected chi connectivity index (χ0v) is 22.0. The predicted octanol–water partition coefficient (Wildman–Crippen LogP) is 5.33. The normalized spacial score (nSPS) is 12.0. The third-order valence-electron chi connectivity index (χ3n) is 5.66. The Morgan fingerprint density at radius 2 is 1.89 bits per heavy atom. The first-order valence-corrected chi connectivity index (χ1v) is 12.6. The van der Waals surface area contributed by atoms with Gasteiger partial charge in [-0.3, -0.25) is 9.59 Å². The van der Waals surface area contributed by atoms with E-state index in [1.165, 1.54) is 6.92 Å². The number of amides is 1. The van der Waals surface area contributed by atoms with E-state index in [1.54, 1.807) is 18.2 Å². The summed E-state index contributed by atoms with van der Waals surface area (Å²) in [4.78, 5) is 29.3. The highest BCUT2D eigenvalue weighted by molar-refractivity contribution is 6.32. The smallest absolute Gasteiger partial charge is 0.251 e. The van der Waals surface area contributed by atoms with E-state index in [0.29, 0.717) is 35.0 Å². The summed E-state index contributed by atoms with van der Waals surface area (Å²) in [6.07, 6.45) is 3.77. The molecule has 192 valence electrons. The van der Waals surface area contributed by atoms with E-state index in [-0.39, 0.29) is 30.4 Å². The Kier molecular flexibility index (Phi) is 9.67. The third kappa shape index (κ3) is 7.18. The third-order valence-corrected chi connectivity index (χ3v) is 5.95. The van der Waals surface area contributed by atoms with E-state index < -0.39 is 0 Å². The lowest BCUT2D eigenvalue weighted by atomic mass is 10.0. The number of ketones is 1. The maximum atomic E-state index is 12.9. The summed E-state index contributed by atoms with van der Waals surface area (Å²) in [6, 6.07) is 12.6. The van der Waals surface area contributed by atoms with E-state index >= 15 is 0 Å². The second-order valence-electron chi connectivity index (χ2n) is 9.09. The van der Waals surface area contributed by atoms with Gasteiger partial charge in [-0.25, -0.2) is 4.98 Å². The zero-order valence-electron chi connectivity index (χ0n) is 21.3. The topological polar surface area (TPSA) is 93.4 Å². The molecule has 3 aromatic rings. The zero-order chi connectivity index (χ0) is 26.2. The number of rotatable bonds is 12. The van der Waals surface area contributed by atoms with Crippen LogP contribution < -0.4 is 10.1 Å². The molecule has 2 aromatic carbocycles. The molecule has 8 heteroatoms. The van der Waals surface area contributed by atoms with Crippen molar-refractivity contribution in [3.8, 4) is 17.0 Å². The van der Waals surface area contributed by atoms with Gasteiger partial charge < -0.3 is 19.7 Å². The van der Waals surface area contributed by atoms with Gasteiger partial charge in [0.25, 0.3) is 5.91 Å². The molecule has 0 aliphatic rings. The molecule has 36 heavy (non-hydrogen) atoms. The summed E-state index contributed by atoms with van der Waals surface area (Å²) in [5.74, 6) is 0.675. The van der Waals surface area contributed by atoms with Crippen molar-refractivity contribution in [3.63, 3.8) is 0 Å². The molecular formula is C28H34ClN3O4. The number of nitrogens with one attached hydrogen (secondary N) is 1. The lowest BCUT2D eigenvalue weighted by Crippen LogP contribution is -2.37. The highest BCUT2D eigenvalue weighted by Gasteiger charge is 2.17. The van der Waals surface area contributed by atoms with Crippen LogP contribution in [0.4, 0.5) is 0 Å². The number of carbonyl (C=O) groups excluding carboxylic acids is 2. The fraction of sp³-hybridized carbons (Fsp3) is 0.393. The number of imidazole rings is 1. The van der Waals surface area contributed by atoms with Crippen molar-refractivity contribution in [3.05, 3.63) is 70.6 Å². The number of aromatic nitrogens is 2. The van der Waals surface area contributed by atoms with Crippen LogP contribution in [0.3, 0.4) is 0 Å². The summed E-state index contributed by atoms with van der Waals surface area (Å²) in [7, 11) is 0. The molecule has 0 radical (unpaired) electrons. The molecule has 1 amide bonds. The minimum Gasteiger partial charge on any atom is -0.489 e. The van der Waals surface area contributed by atoms with Crippen LogP contribution in [0.5, 0.6) is 5.75 Å². The molecular weight excluding hydrogens is 478 g/mol. The molecule has 0 saturated heterocycles. The fourth-order valence-electron chi connectivity index (χ4n) is 3.98. The number of aliphatic hydroxyl groups is 1. The van der Waals surface area contributed by atoms with Crippen LogP contribution >= 0.6 is 11.6 Å². The first kappa shape index (κ1) is 27.4. The Balaban J connectivity index is 1.70. The van der Waals surface area contributed by atoms with Crippen LogP contribution in [0.1, 0.15) is 67.1 Å². The van der Waals surface area contributed by atoms with Gasteiger partial charge >= 0.3 is 0 Å². The number of nitrogens with zero attached hydrogens (tertiary/aromatic N) is 2. The van der Waals surface area contributed by atoms with Gasteiger partial charge in [0.05, 0.1) is 16.8 Å². The number of aryl methyl sites for hydroxylation is 1. The Bertz CT molecular complexity index is 1190. The van der Waals surface area contributed by atoms with Crippen molar-refractivity contribution in [2.45, 2.75) is 65.6 Å². The van der Waals surface area contributed by atoms with E-state index in [2.05, 4.69) is 17.2 Å². The number of halogens is 1. The fourth-order valence-corrected chi connectivity index (χ4v) is 4.21. The van der Waals surface area contributed by atoms with Gasteiger partial charge in [-0.1, -0.05) is 42.8 Å². The largest absolute Gasteiger partial charge is 0.489 e. The Morgan fingerprint density at radius 1 is 1.17 bits per heavy atom. The average molecular weight is 512 g/mol. The van der Waals surface area contributed by atoms with Gasteiger partial charge in [-0.2, -0.15) is 0 Å². The SMILES string of the molecule is CCCn1cc(-c2ccc(CC(CCO)NC(=O)c3ccc(OC(C)C)c(Cl)c3)cc2)nc1C(C)=O. The summed E-state index contributed by atoms with van der Waals surface area (Å²) >= 11 is 6.29. The summed E-state index contributed by atoms with van der Waals surface area (Å²) in [5, 5.41) is 12.9. The second kappa shape index (κ2) is 12.7. The summed E-state index contributed by atoms with van der Waals surface area (Å²) in [5.41, 5.74) is 3.11. The number of Topliss-reactive ketones (excluding diaryl/α,β-unsaturated/α-hetero) is 1. The monoisotopic (exact) mass is 511 g/mol. The molecule has 2 N–H and O–H groups in total. The highest BCUT2D eigenvalue weighted by atomic mass is 35.5. The summed E-state index contributed by atoms with van der Waals surface area (Å²) < 4.78 is 7.53. The van der Waals surface area contributed by atoms with Gasteiger partial charge in [-0.05, 0) is 56.9 Å². The van der Waals surface area contributed by atoms with Crippen LogP contribution in [-0.4, -0.2) is 45.1 Å². The molecule has 1 unspecified atom stereocenters. The van der Waals surface area contributed by atoms with E-state index in [1.807, 2.05) is 48.9 Å². The maximum absolute atomic E-state index is 12.9. The molecule has 7 nitrogen and oxygen atoms in total. The van der Waals surface area contributed by atoms with Gasteiger partial charge in [0.2, 0.25) is 0 Å². The van der Waals surface area contributed by atoms with Crippen molar-refractivity contribution in [1.82, 2.24) is 14.9 Å². The Labute approximate surface area is 217 Å². The highest BCUT2D eigenvalue weighted by Crippen LogP contribution is 2.27. The molecule has 3 rings (SSSR count). The van der Waals surface area contributed by atoms with Crippen molar-refractivity contribution in [2.75, 3.05) is 6.61 Å². The second-order valence-corrected chi connectivity index (χ2v) is 9.50. The molecule has 0 bridgehead atoms. The van der Waals surface area contributed by atoms with E-state index in [0.717, 1.165) is 29.8 Å². The summed E-state index contributed by atoms with van der Waals surface area (Å²) in [6.45, 7) is 8.09. The van der Waals surface area contributed by atoms with Gasteiger partial charge in [-0.15, -0.1) is 0 Å². The molecule has 1 heterocycles. The minimum atomic E-state index is -0.263. The predicted molar refractivity (Wildman–Crippen MR) is 142 cm³/mol. The lowest BCUT2D eigenvalue weighted by molar-refractivity contribution is 0.0929. The number of hydrogen-bond donors (Lipinski definition) is 2. The Morgan fingerprint density at radius 3 is 2.47 bits per heavy atom. The molecule has 0 fully saturated rings. The number of hydrogen-bond acceptors (Lipinski definition) is 5. The van der Waals surface area contributed by atoms with Crippen LogP contribution in [0, 0.1) is 0 Å². The number of aliphatic hydroxyl groups excluding tert-OH is 1. The van der Waals surface area contributed by atoms with Crippen LogP contribution in [0.2, 0.25) is 5.02 Å². The molecule has 0 saturated carbocycles. The van der Waals surface area contributed by atoms with Crippen molar-refractivity contribution in [2.24, 2.45) is 0 Å². The van der Waals surface area contributed by atoms with Gasteiger partial charge in [0.1, 0.15) is 5.75 Å². The first-order chi connectivity index (χ1) is 17.2. The minimum absolute atomic E-state index is 0.0225. The van der Waals surface area contributed by atoms with E-state index in [9.17, 15) is 14.7 Å². The Hall–Kier alpha value is -3.16.